The Morgan fingerprint density at radius 2 is 2.00 bits per heavy atom. The van der Waals surface area contributed by atoms with Gasteiger partial charge >= 0.3 is 12.1 Å². The lowest BCUT2D eigenvalue weighted by molar-refractivity contribution is -0.143. The molecular weight excluding hydrogens is 438 g/mol. The highest BCUT2D eigenvalue weighted by Gasteiger charge is 2.28. The standard InChI is InChI=1S/C24H35N5O5/c1-15-20(34-17-9-7-8-16(12-17)22(30)31)11-10-18(25-15)21-19(29(6)27-26-21)13-33-23(32)28(5)14-24(2,3)4/h10-11,16-17H,7-9,12-14H2,1-6H3,(H,30,31)/t16-,17-/m0/s1. The predicted octanol–water partition coefficient (Wildman–Crippen LogP) is 3.82. The minimum Gasteiger partial charge on any atom is -0.489 e. The van der Waals surface area contributed by atoms with E-state index in [-0.39, 0.29) is 24.0 Å². The summed E-state index contributed by atoms with van der Waals surface area (Å²) in [5.74, 6) is -0.502. The zero-order valence-electron chi connectivity index (χ0n) is 20.9. The third kappa shape index (κ3) is 6.45. The van der Waals surface area contributed by atoms with Crippen molar-refractivity contribution in [3.05, 3.63) is 23.5 Å². The van der Waals surface area contributed by atoms with Gasteiger partial charge in [-0.2, -0.15) is 0 Å². The molecule has 10 nitrogen and oxygen atoms in total. The molecule has 10 heteroatoms. The average Bonchev–Trinajstić information content (AvgIpc) is 3.12. The minimum absolute atomic E-state index is 0.0176. The van der Waals surface area contributed by atoms with E-state index in [9.17, 15) is 14.7 Å². The van der Waals surface area contributed by atoms with Gasteiger partial charge in [0.15, 0.2) is 0 Å². The Balaban J connectivity index is 1.69. The van der Waals surface area contributed by atoms with Crippen molar-refractivity contribution in [1.29, 1.82) is 0 Å². The number of pyridine rings is 1. The molecule has 0 unspecified atom stereocenters. The second-order valence-electron chi connectivity index (χ2n) is 10.2. The number of nitrogens with zero attached hydrogens (tertiary/aromatic N) is 5. The van der Waals surface area contributed by atoms with E-state index >= 15 is 0 Å². The van der Waals surface area contributed by atoms with Crippen molar-refractivity contribution in [3.63, 3.8) is 0 Å². The monoisotopic (exact) mass is 473 g/mol. The molecule has 0 aromatic carbocycles. The lowest BCUT2D eigenvalue weighted by Gasteiger charge is -2.27. The molecule has 1 saturated carbocycles. The number of hydrogen-bond acceptors (Lipinski definition) is 7. The maximum absolute atomic E-state index is 12.4. The van der Waals surface area contributed by atoms with Crippen LogP contribution in [0, 0.1) is 18.3 Å². The van der Waals surface area contributed by atoms with Crippen LogP contribution in [0.1, 0.15) is 57.8 Å². The molecule has 2 atom stereocenters. The Hall–Kier alpha value is -3.17. The van der Waals surface area contributed by atoms with Crippen molar-refractivity contribution >= 4 is 12.1 Å². The molecule has 1 fully saturated rings. The number of carbonyl (C=O) groups excluding carboxylic acids is 1. The number of aliphatic carboxylic acids is 1. The summed E-state index contributed by atoms with van der Waals surface area (Å²) in [4.78, 5) is 29.9. The molecular formula is C24H35N5O5. The number of ether oxygens (including phenoxy) is 2. The van der Waals surface area contributed by atoms with Crippen LogP contribution in [0.25, 0.3) is 11.4 Å². The number of carboxylic acid groups (broad SMARTS) is 1. The van der Waals surface area contributed by atoms with Gasteiger partial charge in [0.25, 0.3) is 0 Å². The third-order valence-corrected chi connectivity index (χ3v) is 5.85. The van der Waals surface area contributed by atoms with Gasteiger partial charge in [-0.15, -0.1) is 5.10 Å². The van der Waals surface area contributed by atoms with Gasteiger partial charge < -0.3 is 19.5 Å². The van der Waals surface area contributed by atoms with E-state index in [1.54, 1.807) is 29.7 Å². The molecule has 2 aromatic heterocycles. The van der Waals surface area contributed by atoms with E-state index in [1.165, 1.54) is 0 Å². The normalized spacial score (nSPS) is 18.4. The summed E-state index contributed by atoms with van der Waals surface area (Å²) in [6.07, 6.45) is 2.30. The van der Waals surface area contributed by atoms with Crippen molar-refractivity contribution in [1.82, 2.24) is 24.9 Å². The van der Waals surface area contributed by atoms with E-state index in [0.717, 1.165) is 12.8 Å². The van der Waals surface area contributed by atoms with Crippen molar-refractivity contribution < 1.29 is 24.2 Å². The minimum atomic E-state index is -0.765. The van der Waals surface area contributed by atoms with Gasteiger partial charge in [0.05, 0.1) is 23.4 Å². The second kappa shape index (κ2) is 10.4. The van der Waals surface area contributed by atoms with Crippen LogP contribution in [0.5, 0.6) is 5.75 Å². The number of aryl methyl sites for hydroxylation is 2. The second-order valence-corrected chi connectivity index (χ2v) is 10.2. The Morgan fingerprint density at radius 1 is 1.26 bits per heavy atom. The number of rotatable bonds is 7. The number of aromatic nitrogens is 4. The third-order valence-electron chi connectivity index (χ3n) is 5.85. The van der Waals surface area contributed by atoms with Crippen molar-refractivity contribution in [2.45, 2.75) is 66.1 Å². The van der Waals surface area contributed by atoms with Gasteiger partial charge in [-0.05, 0) is 50.2 Å². The Kier molecular flexibility index (Phi) is 7.78. The molecule has 1 aliphatic carbocycles. The topological polar surface area (TPSA) is 120 Å². The Bertz CT molecular complexity index is 1030. The summed E-state index contributed by atoms with van der Waals surface area (Å²) in [7, 11) is 3.45. The molecule has 1 amide bonds. The van der Waals surface area contributed by atoms with Gasteiger partial charge in [0, 0.05) is 20.6 Å². The number of amides is 1. The summed E-state index contributed by atoms with van der Waals surface area (Å²) in [5, 5.41) is 17.6. The molecule has 34 heavy (non-hydrogen) atoms. The highest BCUT2D eigenvalue weighted by molar-refractivity contribution is 5.70. The molecule has 0 aliphatic heterocycles. The van der Waals surface area contributed by atoms with Crippen LogP contribution in [0.15, 0.2) is 12.1 Å². The maximum atomic E-state index is 12.4. The average molecular weight is 474 g/mol. The molecule has 0 radical (unpaired) electrons. The van der Waals surface area contributed by atoms with Crippen LogP contribution in [0.3, 0.4) is 0 Å². The fourth-order valence-corrected chi connectivity index (χ4v) is 4.21. The molecule has 1 N–H and O–H groups in total. The first-order chi connectivity index (χ1) is 15.9. The fraction of sp³-hybridized carbons (Fsp3) is 0.625. The summed E-state index contributed by atoms with van der Waals surface area (Å²) < 4.78 is 13.2. The van der Waals surface area contributed by atoms with E-state index in [1.807, 2.05) is 13.0 Å². The van der Waals surface area contributed by atoms with Gasteiger partial charge in [-0.1, -0.05) is 26.0 Å². The number of carbonyl (C=O) groups is 2. The predicted molar refractivity (Wildman–Crippen MR) is 125 cm³/mol. The molecule has 0 spiro atoms. The fourth-order valence-electron chi connectivity index (χ4n) is 4.21. The zero-order chi connectivity index (χ0) is 25.0. The van der Waals surface area contributed by atoms with Crippen LogP contribution < -0.4 is 4.74 Å². The highest BCUT2D eigenvalue weighted by Crippen LogP contribution is 2.30. The maximum Gasteiger partial charge on any atom is 0.409 e. The first-order valence-electron chi connectivity index (χ1n) is 11.6. The van der Waals surface area contributed by atoms with Crippen LogP contribution in [-0.4, -0.2) is 61.7 Å². The lowest BCUT2D eigenvalue weighted by Crippen LogP contribution is -2.34. The molecule has 2 aromatic rings. The lowest BCUT2D eigenvalue weighted by atomic mass is 9.87. The number of carboxylic acids is 1. The molecule has 3 rings (SSSR count). The Labute approximate surface area is 200 Å². The molecule has 2 heterocycles. The summed E-state index contributed by atoms with van der Waals surface area (Å²) in [5.41, 5.74) is 2.40. The quantitative estimate of drug-likeness (QED) is 0.644. The van der Waals surface area contributed by atoms with Crippen molar-refractivity contribution in [2.75, 3.05) is 13.6 Å². The highest BCUT2D eigenvalue weighted by atomic mass is 16.6. The van der Waals surface area contributed by atoms with E-state index < -0.39 is 12.1 Å². The van der Waals surface area contributed by atoms with Gasteiger partial charge in [0.2, 0.25) is 0 Å². The van der Waals surface area contributed by atoms with Gasteiger partial charge in [0.1, 0.15) is 23.7 Å². The SMILES string of the molecule is Cc1nc(-c2nnn(C)c2COC(=O)N(C)CC(C)(C)C)ccc1O[C@H]1CCC[C@H](C(=O)O)C1. The van der Waals surface area contributed by atoms with Crippen LogP contribution in [-0.2, 0) is 23.2 Å². The van der Waals surface area contributed by atoms with E-state index in [4.69, 9.17) is 9.47 Å². The molecule has 0 bridgehead atoms. The molecule has 1 aliphatic rings. The first kappa shape index (κ1) is 25.5. The van der Waals surface area contributed by atoms with Gasteiger partial charge in [-0.3, -0.25) is 4.79 Å². The van der Waals surface area contributed by atoms with E-state index in [0.29, 0.717) is 47.9 Å². The van der Waals surface area contributed by atoms with Crippen LogP contribution >= 0.6 is 0 Å². The summed E-state index contributed by atoms with van der Waals surface area (Å²) in [6.45, 7) is 8.59. The first-order valence-corrected chi connectivity index (χ1v) is 11.6. The van der Waals surface area contributed by atoms with Crippen molar-refractivity contribution in [3.8, 4) is 17.1 Å². The smallest absolute Gasteiger partial charge is 0.409 e. The summed E-state index contributed by atoms with van der Waals surface area (Å²) in [6, 6.07) is 3.62. The largest absolute Gasteiger partial charge is 0.489 e. The Morgan fingerprint density at radius 3 is 2.65 bits per heavy atom. The molecule has 0 saturated heterocycles. The zero-order valence-corrected chi connectivity index (χ0v) is 20.9. The van der Waals surface area contributed by atoms with Gasteiger partial charge in [-0.25, -0.2) is 14.5 Å². The van der Waals surface area contributed by atoms with Crippen LogP contribution in [0.4, 0.5) is 4.79 Å². The number of hydrogen-bond donors (Lipinski definition) is 1. The van der Waals surface area contributed by atoms with E-state index in [2.05, 4.69) is 36.1 Å². The van der Waals surface area contributed by atoms with Crippen LogP contribution in [0.2, 0.25) is 0 Å². The van der Waals surface area contributed by atoms with Crippen molar-refractivity contribution in [2.24, 2.45) is 18.4 Å². The summed E-state index contributed by atoms with van der Waals surface area (Å²) >= 11 is 0. The molecule has 186 valence electrons.